The van der Waals surface area contributed by atoms with E-state index in [4.69, 9.17) is 4.74 Å². The van der Waals surface area contributed by atoms with Gasteiger partial charge in [0, 0.05) is 17.2 Å². The highest BCUT2D eigenvalue weighted by Crippen LogP contribution is 2.51. The van der Waals surface area contributed by atoms with E-state index in [0.717, 1.165) is 48.4 Å². The number of rotatable bonds is 6. The Bertz CT molecular complexity index is 1700. The number of ether oxygens (including phenoxy) is 1. The summed E-state index contributed by atoms with van der Waals surface area (Å²) in [7, 11) is 2.15. The van der Waals surface area contributed by atoms with Crippen LogP contribution in [-0.4, -0.2) is 36.2 Å². The molecule has 3 aromatic carbocycles. The van der Waals surface area contributed by atoms with Gasteiger partial charge >= 0.3 is 5.92 Å². The van der Waals surface area contributed by atoms with Crippen LogP contribution in [-0.2, 0) is 5.92 Å². The smallest absolute Gasteiger partial charge is 0.314 e. The minimum absolute atomic E-state index is 0.190. The molecule has 2 heterocycles. The summed E-state index contributed by atoms with van der Waals surface area (Å²) in [5, 5.41) is 9.31. The molecule has 6 rings (SSSR count). The van der Waals surface area contributed by atoms with E-state index in [9.17, 15) is 10.1 Å². The largest absolute Gasteiger partial charge is 0.493 e. The zero-order valence-corrected chi connectivity index (χ0v) is 23.1. The van der Waals surface area contributed by atoms with Gasteiger partial charge < -0.3 is 9.64 Å². The zero-order valence-electron chi connectivity index (χ0n) is 23.1. The molecule has 0 N–H and O–H groups in total. The van der Waals surface area contributed by atoms with Gasteiger partial charge in [0.15, 0.2) is 0 Å². The standard InChI is InChI=1S/C34H31F2N3O2/c1-22(39-32(40)13-11-29-30-18-24(20-37)6-12-31(30)34(35,36)33(29)39)26-4-3-5-27(19-26)25-7-9-28(10-8-25)41-21-23-14-16-38(2)17-15-23/h3-13,18-19,22-23H,14-17,21H2,1-2H3. The molecule has 2 aliphatic rings. The first kappa shape index (κ1) is 26.9. The first-order valence-corrected chi connectivity index (χ1v) is 14.0. The molecule has 5 nitrogen and oxygen atoms in total. The highest BCUT2D eigenvalue weighted by atomic mass is 19.3. The number of piperidine rings is 1. The molecule has 4 aromatic rings. The molecular formula is C34H31F2N3O2. The molecule has 1 unspecified atom stereocenters. The molecule has 0 radical (unpaired) electrons. The van der Waals surface area contributed by atoms with Crippen molar-refractivity contribution in [1.29, 1.82) is 5.26 Å². The number of fused-ring (bicyclic) bond motifs is 3. The Morgan fingerprint density at radius 1 is 0.976 bits per heavy atom. The summed E-state index contributed by atoms with van der Waals surface area (Å²) in [6.45, 7) is 4.68. The van der Waals surface area contributed by atoms with Crippen molar-refractivity contribution in [3.63, 3.8) is 0 Å². The maximum absolute atomic E-state index is 15.8. The second kappa shape index (κ2) is 10.6. The number of halogens is 2. The van der Waals surface area contributed by atoms with Gasteiger partial charge in [0.2, 0.25) is 0 Å². The number of nitrogens with zero attached hydrogens (tertiary/aromatic N) is 3. The molecule has 1 aliphatic carbocycles. The van der Waals surface area contributed by atoms with Crippen LogP contribution in [0, 0.1) is 17.2 Å². The van der Waals surface area contributed by atoms with Gasteiger partial charge in [-0.1, -0.05) is 36.4 Å². The molecule has 1 atom stereocenters. The molecule has 1 aromatic heterocycles. The van der Waals surface area contributed by atoms with Gasteiger partial charge in [-0.3, -0.25) is 9.36 Å². The summed E-state index contributed by atoms with van der Waals surface area (Å²) in [6.07, 6.45) is 2.29. The highest BCUT2D eigenvalue weighted by molar-refractivity contribution is 5.79. The number of benzene rings is 3. The van der Waals surface area contributed by atoms with Gasteiger partial charge in [-0.05, 0) is 104 Å². The van der Waals surface area contributed by atoms with E-state index >= 15 is 8.78 Å². The molecule has 41 heavy (non-hydrogen) atoms. The average Bonchev–Trinajstić information content (AvgIpc) is 3.22. The number of hydrogen-bond donors (Lipinski definition) is 0. The van der Waals surface area contributed by atoms with Gasteiger partial charge in [0.05, 0.1) is 24.3 Å². The lowest BCUT2D eigenvalue weighted by molar-refractivity contribution is 0.0376. The van der Waals surface area contributed by atoms with Crippen LogP contribution < -0.4 is 10.3 Å². The zero-order chi connectivity index (χ0) is 28.7. The van der Waals surface area contributed by atoms with Crippen molar-refractivity contribution in [2.24, 2.45) is 5.92 Å². The van der Waals surface area contributed by atoms with E-state index in [0.29, 0.717) is 18.1 Å². The fourth-order valence-corrected chi connectivity index (χ4v) is 6.03. The fourth-order valence-electron chi connectivity index (χ4n) is 6.03. The van der Waals surface area contributed by atoms with E-state index in [1.165, 1.54) is 34.9 Å². The number of likely N-dealkylation sites (tertiary alicyclic amines) is 1. The third kappa shape index (κ3) is 4.93. The lowest BCUT2D eigenvalue weighted by atomic mass is 9.98. The van der Waals surface area contributed by atoms with Crippen LogP contribution in [0.25, 0.3) is 22.3 Å². The van der Waals surface area contributed by atoms with Crippen LogP contribution in [0.4, 0.5) is 8.78 Å². The molecule has 0 bridgehead atoms. The van der Waals surface area contributed by atoms with Crippen LogP contribution in [0.1, 0.15) is 48.2 Å². The Labute approximate surface area is 238 Å². The van der Waals surface area contributed by atoms with E-state index < -0.39 is 17.5 Å². The van der Waals surface area contributed by atoms with Crippen molar-refractivity contribution in [1.82, 2.24) is 9.47 Å². The van der Waals surface area contributed by atoms with Crippen molar-refractivity contribution in [3.8, 4) is 34.1 Å². The van der Waals surface area contributed by atoms with Crippen LogP contribution in [0.2, 0.25) is 0 Å². The molecule has 208 valence electrons. The number of hydrogen-bond acceptors (Lipinski definition) is 4. The van der Waals surface area contributed by atoms with E-state index in [1.807, 2.05) is 54.6 Å². The van der Waals surface area contributed by atoms with Crippen LogP contribution in [0.3, 0.4) is 0 Å². The summed E-state index contributed by atoms with van der Waals surface area (Å²) in [6, 6.07) is 23.8. The maximum atomic E-state index is 15.8. The predicted molar refractivity (Wildman–Crippen MR) is 155 cm³/mol. The second-order valence-corrected chi connectivity index (χ2v) is 11.1. The third-order valence-electron chi connectivity index (χ3n) is 8.47. The van der Waals surface area contributed by atoms with Gasteiger partial charge in [-0.25, -0.2) is 0 Å². The summed E-state index contributed by atoms with van der Waals surface area (Å²) < 4.78 is 38.9. The number of aromatic nitrogens is 1. The van der Waals surface area contributed by atoms with Crippen molar-refractivity contribution in [2.75, 3.05) is 26.7 Å². The Kier molecular flexibility index (Phi) is 6.96. The van der Waals surface area contributed by atoms with Gasteiger partial charge in [0.25, 0.3) is 5.56 Å². The maximum Gasteiger partial charge on any atom is 0.314 e. The van der Waals surface area contributed by atoms with E-state index in [2.05, 4.69) is 11.9 Å². The number of nitriles is 1. The molecule has 7 heteroatoms. The summed E-state index contributed by atoms with van der Waals surface area (Å²) in [5.41, 5.74) is 2.47. The quantitative estimate of drug-likeness (QED) is 0.263. The predicted octanol–water partition coefficient (Wildman–Crippen LogP) is 6.84. The Morgan fingerprint density at radius 2 is 1.73 bits per heavy atom. The van der Waals surface area contributed by atoms with Crippen molar-refractivity contribution >= 4 is 0 Å². The van der Waals surface area contributed by atoms with Gasteiger partial charge in [0.1, 0.15) is 11.4 Å². The monoisotopic (exact) mass is 551 g/mol. The van der Waals surface area contributed by atoms with Gasteiger partial charge in [-0.2, -0.15) is 14.0 Å². The molecule has 0 amide bonds. The van der Waals surface area contributed by atoms with E-state index in [-0.39, 0.29) is 22.4 Å². The molecule has 0 saturated carbocycles. The minimum atomic E-state index is -3.37. The summed E-state index contributed by atoms with van der Waals surface area (Å²) >= 11 is 0. The van der Waals surface area contributed by atoms with Crippen molar-refractivity contribution in [2.45, 2.75) is 31.7 Å². The van der Waals surface area contributed by atoms with Crippen LogP contribution in [0.5, 0.6) is 5.75 Å². The first-order valence-electron chi connectivity index (χ1n) is 14.0. The topological polar surface area (TPSA) is 58.3 Å². The third-order valence-corrected chi connectivity index (χ3v) is 8.47. The summed E-state index contributed by atoms with van der Waals surface area (Å²) in [4.78, 5) is 15.4. The lowest BCUT2D eigenvalue weighted by Crippen LogP contribution is -2.32. The Hall–Kier alpha value is -4.28. The van der Waals surface area contributed by atoms with Gasteiger partial charge in [-0.15, -0.1) is 0 Å². The van der Waals surface area contributed by atoms with Crippen LogP contribution >= 0.6 is 0 Å². The van der Waals surface area contributed by atoms with Crippen molar-refractivity contribution in [3.05, 3.63) is 112 Å². The molecule has 1 fully saturated rings. The minimum Gasteiger partial charge on any atom is -0.493 e. The fraction of sp³-hybridized carbons (Fsp3) is 0.294. The number of alkyl halides is 2. The Balaban J connectivity index is 1.27. The molecule has 0 spiro atoms. The molecular weight excluding hydrogens is 520 g/mol. The Morgan fingerprint density at radius 3 is 2.46 bits per heavy atom. The highest BCUT2D eigenvalue weighted by Gasteiger charge is 2.47. The molecule has 1 aliphatic heterocycles. The molecule has 1 saturated heterocycles. The average molecular weight is 552 g/mol. The first-order chi connectivity index (χ1) is 19.8. The second-order valence-electron chi connectivity index (χ2n) is 11.1. The van der Waals surface area contributed by atoms with E-state index in [1.54, 1.807) is 6.92 Å². The normalized spacial score (nSPS) is 17.0. The summed E-state index contributed by atoms with van der Waals surface area (Å²) in [5.74, 6) is -1.97. The number of pyridine rings is 1. The lowest BCUT2D eigenvalue weighted by Gasteiger charge is -2.28. The van der Waals surface area contributed by atoms with Crippen molar-refractivity contribution < 1.29 is 13.5 Å². The SMILES string of the molecule is CC(c1cccc(-c2ccc(OCC3CCN(C)CC3)cc2)c1)n1c2c(ccc1=O)-c1cc(C#N)ccc1C2(F)F. The van der Waals surface area contributed by atoms with Crippen LogP contribution in [0.15, 0.2) is 83.7 Å².